The number of likely N-dealkylation sites (tertiary alicyclic amines) is 1. The molecule has 0 aromatic heterocycles. The number of carbonyl (C=O) groups excluding carboxylic acids is 1. The van der Waals surface area contributed by atoms with Gasteiger partial charge in [0.2, 0.25) is 5.91 Å². The maximum absolute atomic E-state index is 11.9. The number of nitrogens with one attached hydrogen (secondary N) is 1. The van der Waals surface area contributed by atoms with E-state index in [4.69, 9.17) is 5.73 Å². The largest absolute Gasteiger partial charge is 0.352 e. The molecular weight excluding hydrogens is 214 g/mol. The smallest absolute Gasteiger partial charge is 0.234 e. The molecular formula is C13H27N3O. The fraction of sp³-hybridized carbons (Fsp3) is 0.923. The predicted molar refractivity (Wildman–Crippen MR) is 70.7 cm³/mol. The van der Waals surface area contributed by atoms with Crippen LogP contribution in [-0.2, 0) is 4.79 Å². The molecule has 2 unspecified atom stereocenters. The molecule has 1 aliphatic heterocycles. The van der Waals surface area contributed by atoms with Gasteiger partial charge in [-0.05, 0) is 25.2 Å². The van der Waals surface area contributed by atoms with Gasteiger partial charge in [-0.25, -0.2) is 0 Å². The summed E-state index contributed by atoms with van der Waals surface area (Å²) in [6.07, 6.45) is 3.07. The van der Waals surface area contributed by atoms with Crippen LogP contribution in [0.1, 0.15) is 40.0 Å². The molecule has 100 valence electrons. The zero-order chi connectivity index (χ0) is 12.8. The molecule has 0 aromatic carbocycles. The van der Waals surface area contributed by atoms with Gasteiger partial charge in [-0.2, -0.15) is 0 Å². The van der Waals surface area contributed by atoms with Gasteiger partial charge in [-0.1, -0.05) is 20.8 Å². The molecule has 0 radical (unpaired) electrons. The summed E-state index contributed by atoms with van der Waals surface area (Å²) in [5, 5.41) is 3.07. The normalized spacial score (nSPS) is 26.2. The van der Waals surface area contributed by atoms with Crippen LogP contribution in [-0.4, -0.2) is 42.5 Å². The number of amides is 1. The van der Waals surface area contributed by atoms with Crippen molar-refractivity contribution in [2.45, 2.75) is 52.1 Å². The number of nitrogens with two attached hydrogens (primary N) is 1. The molecule has 0 spiro atoms. The SMILES string of the molecule is CCC(CC)NC(=O)CN1CC(C)CC(N)C1. The molecule has 2 atom stereocenters. The number of rotatable bonds is 5. The summed E-state index contributed by atoms with van der Waals surface area (Å²) < 4.78 is 0. The first-order valence-electron chi connectivity index (χ1n) is 6.82. The Bertz CT molecular complexity index is 231. The summed E-state index contributed by atoms with van der Waals surface area (Å²) in [5.74, 6) is 0.736. The van der Waals surface area contributed by atoms with E-state index in [2.05, 4.69) is 31.0 Å². The lowest BCUT2D eigenvalue weighted by Gasteiger charge is -2.34. The number of piperidine rings is 1. The first kappa shape index (κ1) is 14.5. The second-order valence-corrected chi connectivity index (χ2v) is 5.38. The molecule has 1 aliphatic rings. The number of hydrogen-bond acceptors (Lipinski definition) is 3. The first-order valence-corrected chi connectivity index (χ1v) is 6.82. The summed E-state index contributed by atoms with van der Waals surface area (Å²) in [4.78, 5) is 14.0. The Balaban J connectivity index is 2.34. The quantitative estimate of drug-likeness (QED) is 0.754. The van der Waals surface area contributed by atoms with Crippen LogP contribution in [0.15, 0.2) is 0 Å². The molecule has 4 nitrogen and oxygen atoms in total. The maximum Gasteiger partial charge on any atom is 0.234 e. The Morgan fingerprint density at radius 1 is 1.41 bits per heavy atom. The van der Waals surface area contributed by atoms with Crippen molar-refractivity contribution >= 4 is 5.91 Å². The van der Waals surface area contributed by atoms with Gasteiger partial charge in [0.15, 0.2) is 0 Å². The van der Waals surface area contributed by atoms with E-state index in [0.717, 1.165) is 32.4 Å². The van der Waals surface area contributed by atoms with Crippen LogP contribution < -0.4 is 11.1 Å². The molecule has 4 heteroatoms. The maximum atomic E-state index is 11.9. The van der Waals surface area contributed by atoms with E-state index in [9.17, 15) is 4.79 Å². The summed E-state index contributed by atoms with van der Waals surface area (Å²) in [6.45, 7) is 8.74. The van der Waals surface area contributed by atoms with Crippen LogP contribution in [0.4, 0.5) is 0 Å². The Hall–Kier alpha value is -0.610. The van der Waals surface area contributed by atoms with Crippen LogP contribution >= 0.6 is 0 Å². The summed E-state index contributed by atoms with van der Waals surface area (Å²) in [5.41, 5.74) is 5.97. The Morgan fingerprint density at radius 2 is 2.06 bits per heavy atom. The lowest BCUT2D eigenvalue weighted by molar-refractivity contribution is -0.123. The third kappa shape index (κ3) is 5.04. The minimum Gasteiger partial charge on any atom is -0.352 e. The molecule has 0 bridgehead atoms. The highest BCUT2D eigenvalue weighted by molar-refractivity contribution is 5.78. The molecule has 1 rings (SSSR count). The highest BCUT2D eigenvalue weighted by Crippen LogP contribution is 2.14. The Kier molecular flexibility index (Phi) is 5.92. The zero-order valence-corrected chi connectivity index (χ0v) is 11.4. The van der Waals surface area contributed by atoms with Gasteiger partial charge in [0.05, 0.1) is 6.54 Å². The van der Waals surface area contributed by atoms with Gasteiger partial charge >= 0.3 is 0 Å². The van der Waals surface area contributed by atoms with E-state index in [1.165, 1.54) is 0 Å². The summed E-state index contributed by atoms with van der Waals surface area (Å²) in [7, 11) is 0. The monoisotopic (exact) mass is 241 g/mol. The van der Waals surface area contributed by atoms with Crippen LogP contribution in [0.25, 0.3) is 0 Å². The lowest BCUT2D eigenvalue weighted by Crippen LogP contribution is -2.50. The van der Waals surface area contributed by atoms with E-state index in [-0.39, 0.29) is 11.9 Å². The summed E-state index contributed by atoms with van der Waals surface area (Å²) in [6, 6.07) is 0.540. The summed E-state index contributed by atoms with van der Waals surface area (Å²) >= 11 is 0. The van der Waals surface area contributed by atoms with Crippen LogP contribution in [0.3, 0.4) is 0 Å². The zero-order valence-electron chi connectivity index (χ0n) is 11.4. The van der Waals surface area contributed by atoms with E-state index in [0.29, 0.717) is 18.5 Å². The van der Waals surface area contributed by atoms with Gasteiger partial charge in [-0.3, -0.25) is 9.69 Å². The fourth-order valence-electron chi connectivity index (χ4n) is 2.61. The first-order chi connectivity index (χ1) is 8.05. The molecule has 0 aliphatic carbocycles. The number of hydrogen-bond donors (Lipinski definition) is 2. The molecule has 1 heterocycles. The van der Waals surface area contributed by atoms with Crippen molar-refractivity contribution in [3.8, 4) is 0 Å². The van der Waals surface area contributed by atoms with Crippen molar-refractivity contribution in [2.24, 2.45) is 11.7 Å². The predicted octanol–water partition coefficient (Wildman–Crippen LogP) is 0.960. The van der Waals surface area contributed by atoms with Gasteiger partial charge in [0.25, 0.3) is 0 Å². The van der Waals surface area contributed by atoms with E-state index in [1.54, 1.807) is 0 Å². The van der Waals surface area contributed by atoms with Crippen molar-refractivity contribution < 1.29 is 4.79 Å². The Labute approximate surface area is 105 Å². The minimum absolute atomic E-state index is 0.139. The average Bonchev–Trinajstić information content (AvgIpc) is 2.24. The fourth-order valence-corrected chi connectivity index (χ4v) is 2.61. The van der Waals surface area contributed by atoms with Crippen molar-refractivity contribution in [2.75, 3.05) is 19.6 Å². The minimum atomic E-state index is 0.139. The van der Waals surface area contributed by atoms with Crippen LogP contribution in [0, 0.1) is 5.92 Å². The molecule has 1 amide bonds. The molecule has 1 saturated heterocycles. The third-order valence-corrected chi connectivity index (χ3v) is 3.49. The molecule has 17 heavy (non-hydrogen) atoms. The van der Waals surface area contributed by atoms with Crippen molar-refractivity contribution in [1.82, 2.24) is 10.2 Å². The molecule has 0 saturated carbocycles. The third-order valence-electron chi connectivity index (χ3n) is 3.49. The molecule has 0 aromatic rings. The van der Waals surface area contributed by atoms with E-state index in [1.807, 2.05) is 0 Å². The van der Waals surface area contributed by atoms with Gasteiger partial charge < -0.3 is 11.1 Å². The van der Waals surface area contributed by atoms with Crippen LogP contribution in [0.5, 0.6) is 0 Å². The lowest BCUT2D eigenvalue weighted by atomic mass is 9.96. The number of nitrogens with zero attached hydrogens (tertiary/aromatic N) is 1. The van der Waals surface area contributed by atoms with E-state index >= 15 is 0 Å². The van der Waals surface area contributed by atoms with E-state index < -0.39 is 0 Å². The van der Waals surface area contributed by atoms with Crippen molar-refractivity contribution in [1.29, 1.82) is 0 Å². The highest BCUT2D eigenvalue weighted by atomic mass is 16.2. The second kappa shape index (κ2) is 6.97. The highest BCUT2D eigenvalue weighted by Gasteiger charge is 2.23. The molecule has 3 N–H and O–H groups in total. The number of carbonyl (C=O) groups is 1. The van der Waals surface area contributed by atoms with Crippen LogP contribution in [0.2, 0.25) is 0 Å². The Morgan fingerprint density at radius 3 is 2.59 bits per heavy atom. The van der Waals surface area contributed by atoms with Gasteiger partial charge in [-0.15, -0.1) is 0 Å². The average molecular weight is 241 g/mol. The molecule has 1 fully saturated rings. The van der Waals surface area contributed by atoms with Crippen molar-refractivity contribution in [3.05, 3.63) is 0 Å². The van der Waals surface area contributed by atoms with Gasteiger partial charge in [0.1, 0.15) is 0 Å². The second-order valence-electron chi connectivity index (χ2n) is 5.38. The standard InChI is InChI=1S/C13H27N3O/c1-4-12(5-2)15-13(17)9-16-7-10(3)6-11(14)8-16/h10-12H,4-9,14H2,1-3H3,(H,15,17). The topological polar surface area (TPSA) is 58.4 Å². The van der Waals surface area contributed by atoms with Crippen molar-refractivity contribution in [3.63, 3.8) is 0 Å². The van der Waals surface area contributed by atoms with Gasteiger partial charge in [0, 0.05) is 25.2 Å².